The predicted molar refractivity (Wildman–Crippen MR) is 187 cm³/mol. The number of anilines is 1. The van der Waals surface area contributed by atoms with Gasteiger partial charge in [-0.2, -0.15) is 5.10 Å². The van der Waals surface area contributed by atoms with Gasteiger partial charge in [-0.25, -0.2) is 14.4 Å². The highest BCUT2D eigenvalue weighted by Gasteiger charge is 2.21. The Hall–Kier alpha value is -4.89. The Morgan fingerprint density at radius 1 is 1.06 bits per heavy atom. The average Bonchev–Trinajstić information content (AvgIpc) is 3.79. The molecular formula is C38H41FN8. The van der Waals surface area contributed by atoms with E-state index in [1.807, 2.05) is 31.6 Å². The minimum atomic E-state index is -0.249. The van der Waals surface area contributed by atoms with Gasteiger partial charge in [0.05, 0.1) is 23.0 Å². The number of aromatic amines is 2. The maximum absolute atomic E-state index is 15.0. The number of aromatic nitrogens is 6. The molecule has 8 nitrogen and oxygen atoms in total. The van der Waals surface area contributed by atoms with Crippen LogP contribution in [0.2, 0.25) is 0 Å². The fourth-order valence-corrected chi connectivity index (χ4v) is 6.68. The second kappa shape index (κ2) is 13.5. The summed E-state index contributed by atoms with van der Waals surface area (Å²) >= 11 is 0. The van der Waals surface area contributed by atoms with Crippen LogP contribution in [-0.4, -0.2) is 54.7 Å². The Kier molecular flexibility index (Phi) is 8.80. The molecule has 5 aromatic rings. The van der Waals surface area contributed by atoms with Crippen LogP contribution >= 0.6 is 0 Å². The molecule has 2 aliphatic rings. The lowest BCUT2D eigenvalue weighted by Gasteiger charge is -2.28. The summed E-state index contributed by atoms with van der Waals surface area (Å²) < 4.78 is 15.0. The molecule has 240 valence electrons. The van der Waals surface area contributed by atoms with E-state index in [1.54, 1.807) is 18.2 Å². The molecule has 1 saturated heterocycles. The van der Waals surface area contributed by atoms with Gasteiger partial charge in [0.1, 0.15) is 11.5 Å². The Morgan fingerprint density at radius 2 is 1.89 bits per heavy atom. The number of fused-ring (bicyclic) bond motifs is 1. The van der Waals surface area contributed by atoms with Crippen LogP contribution in [0.15, 0.2) is 79.9 Å². The number of allylic oxidation sites excluding steroid dienone is 3. The first kappa shape index (κ1) is 30.7. The molecule has 47 heavy (non-hydrogen) atoms. The van der Waals surface area contributed by atoms with E-state index in [1.165, 1.54) is 45.2 Å². The number of pyridine rings is 2. The molecule has 1 aliphatic heterocycles. The number of hydrogen-bond acceptors (Lipinski definition) is 6. The van der Waals surface area contributed by atoms with Crippen molar-refractivity contribution in [2.24, 2.45) is 5.92 Å². The van der Waals surface area contributed by atoms with Crippen molar-refractivity contribution in [1.82, 2.24) is 35.0 Å². The Bertz CT molecular complexity index is 1960. The molecule has 0 atom stereocenters. The first-order valence-corrected chi connectivity index (χ1v) is 16.6. The quantitative estimate of drug-likeness (QED) is 0.120. The largest absolute Gasteiger partial charge is 0.358 e. The van der Waals surface area contributed by atoms with Gasteiger partial charge >= 0.3 is 0 Å². The third-order valence-corrected chi connectivity index (χ3v) is 9.45. The first-order valence-electron chi connectivity index (χ1n) is 16.6. The fourth-order valence-electron chi connectivity index (χ4n) is 6.68. The van der Waals surface area contributed by atoms with Crippen LogP contribution in [0.3, 0.4) is 0 Å². The van der Waals surface area contributed by atoms with E-state index in [-0.39, 0.29) is 5.82 Å². The second-order valence-corrected chi connectivity index (χ2v) is 12.8. The van der Waals surface area contributed by atoms with Crippen LogP contribution in [0.25, 0.3) is 39.3 Å². The van der Waals surface area contributed by atoms with Crippen LogP contribution < -0.4 is 5.32 Å². The average molecular weight is 629 g/mol. The van der Waals surface area contributed by atoms with E-state index in [4.69, 9.17) is 4.98 Å². The molecule has 4 aromatic heterocycles. The zero-order valence-corrected chi connectivity index (χ0v) is 27.0. The molecule has 0 amide bonds. The molecule has 1 aliphatic carbocycles. The Morgan fingerprint density at radius 3 is 2.68 bits per heavy atom. The SMILES string of the molecule is C=C/C=C(/c1cc(F)cc(CCCN2CCCC2)c1)c1nc(-c2[nH]nc3ncc(-c4cncc(NC(=C)C5CCC5)c4)cc23)[nH]c1C. The number of halogens is 1. The van der Waals surface area contributed by atoms with Crippen molar-refractivity contribution in [2.45, 2.75) is 51.9 Å². The van der Waals surface area contributed by atoms with E-state index in [0.717, 1.165) is 81.1 Å². The molecule has 1 saturated carbocycles. The number of benzene rings is 1. The van der Waals surface area contributed by atoms with Gasteiger partial charge in [0.25, 0.3) is 0 Å². The maximum Gasteiger partial charge on any atom is 0.181 e. The highest BCUT2D eigenvalue weighted by atomic mass is 19.1. The molecule has 3 N–H and O–H groups in total. The van der Waals surface area contributed by atoms with Crippen molar-refractivity contribution in [2.75, 3.05) is 25.0 Å². The van der Waals surface area contributed by atoms with Gasteiger partial charge in [0, 0.05) is 40.5 Å². The van der Waals surface area contributed by atoms with Crippen LogP contribution in [0, 0.1) is 18.7 Å². The fraction of sp³-hybridized carbons (Fsp3) is 0.316. The molecular weight excluding hydrogens is 587 g/mol. The third-order valence-electron chi connectivity index (χ3n) is 9.45. The lowest BCUT2D eigenvalue weighted by Crippen LogP contribution is -2.20. The summed E-state index contributed by atoms with van der Waals surface area (Å²) in [4.78, 5) is 20.1. The van der Waals surface area contributed by atoms with Crippen LogP contribution in [-0.2, 0) is 6.42 Å². The Balaban J connectivity index is 1.16. The number of hydrogen-bond donors (Lipinski definition) is 3. The summed E-state index contributed by atoms with van der Waals surface area (Å²) in [6.45, 7) is 13.5. The van der Waals surface area contributed by atoms with Gasteiger partial charge in [0.15, 0.2) is 11.5 Å². The first-order chi connectivity index (χ1) is 22.9. The minimum absolute atomic E-state index is 0.249. The second-order valence-electron chi connectivity index (χ2n) is 12.8. The van der Waals surface area contributed by atoms with Crippen molar-refractivity contribution >= 4 is 22.3 Å². The topological polar surface area (TPSA) is 98.4 Å². The van der Waals surface area contributed by atoms with Gasteiger partial charge in [-0.15, -0.1) is 0 Å². The highest BCUT2D eigenvalue weighted by Crippen LogP contribution is 2.35. The highest BCUT2D eigenvalue weighted by molar-refractivity contribution is 5.92. The molecule has 0 unspecified atom stereocenters. The van der Waals surface area contributed by atoms with E-state index in [2.05, 4.69) is 66.7 Å². The summed E-state index contributed by atoms with van der Waals surface area (Å²) in [5, 5.41) is 11.9. The van der Waals surface area contributed by atoms with Crippen molar-refractivity contribution in [1.29, 1.82) is 0 Å². The molecule has 5 heterocycles. The number of aryl methyl sites for hydroxylation is 2. The standard InChI is InChI=1S/C38H41FN8/c1-4-9-33(28-16-26(17-31(39)18-28)10-8-15-47-13-5-6-14-47)35-25(3)43-38(44-35)36-34-20-30(22-41-37(34)46-45-36)29-19-32(23-40-21-29)42-24(2)27-11-7-12-27/h4,9,16-23,27,42H,1-2,5-8,10-15H2,3H3,(H,43,44)(H,41,45,46)/b33-9-. The molecule has 0 radical (unpaired) electrons. The van der Waals surface area contributed by atoms with Gasteiger partial charge < -0.3 is 15.2 Å². The number of nitrogens with one attached hydrogen (secondary N) is 3. The zero-order valence-electron chi connectivity index (χ0n) is 27.0. The lowest BCUT2D eigenvalue weighted by atomic mass is 9.83. The van der Waals surface area contributed by atoms with Gasteiger partial charge in [-0.3, -0.25) is 10.1 Å². The number of rotatable bonds is 12. The van der Waals surface area contributed by atoms with Crippen molar-refractivity contribution in [3.63, 3.8) is 0 Å². The van der Waals surface area contributed by atoms with E-state index >= 15 is 0 Å². The van der Waals surface area contributed by atoms with Crippen LogP contribution in [0.5, 0.6) is 0 Å². The van der Waals surface area contributed by atoms with E-state index < -0.39 is 0 Å². The normalized spacial score (nSPS) is 15.7. The summed E-state index contributed by atoms with van der Waals surface area (Å²) in [6, 6.07) is 9.43. The zero-order chi connectivity index (χ0) is 32.3. The van der Waals surface area contributed by atoms with Gasteiger partial charge in [0.2, 0.25) is 0 Å². The number of likely N-dealkylation sites (tertiary alicyclic amines) is 1. The molecule has 7 rings (SSSR count). The molecule has 0 spiro atoms. The summed E-state index contributed by atoms with van der Waals surface area (Å²) in [6.07, 6.45) is 17.1. The number of H-pyrrole nitrogens is 2. The van der Waals surface area contributed by atoms with E-state index in [0.29, 0.717) is 17.4 Å². The number of imidazole rings is 1. The monoisotopic (exact) mass is 628 g/mol. The minimum Gasteiger partial charge on any atom is -0.358 e. The lowest BCUT2D eigenvalue weighted by molar-refractivity contribution is 0.334. The van der Waals surface area contributed by atoms with Gasteiger partial charge in [-0.1, -0.05) is 37.8 Å². The van der Waals surface area contributed by atoms with Crippen LogP contribution in [0.4, 0.5) is 10.1 Å². The predicted octanol–water partition coefficient (Wildman–Crippen LogP) is 8.23. The van der Waals surface area contributed by atoms with E-state index in [9.17, 15) is 4.39 Å². The molecule has 0 bridgehead atoms. The molecule has 1 aromatic carbocycles. The third kappa shape index (κ3) is 6.67. The Labute approximate surface area is 275 Å². The van der Waals surface area contributed by atoms with Crippen LogP contribution in [0.1, 0.15) is 61.0 Å². The van der Waals surface area contributed by atoms with Crippen molar-refractivity contribution in [3.8, 4) is 22.6 Å². The number of nitrogens with zero attached hydrogens (tertiary/aromatic N) is 5. The molecule has 9 heteroatoms. The smallest absolute Gasteiger partial charge is 0.181 e. The maximum atomic E-state index is 15.0. The summed E-state index contributed by atoms with van der Waals surface area (Å²) in [7, 11) is 0. The van der Waals surface area contributed by atoms with Crippen molar-refractivity contribution < 1.29 is 4.39 Å². The molecule has 2 fully saturated rings. The van der Waals surface area contributed by atoms with Gasteiger partial charge in [-0.05, 0) is 106 Å². The summed E-state index contributed by atoms with van der Waals surface area (Å²) in [5.74, 6) is 0.907. The van der Waals surface area contributed by atoms with Crippen molar-refractivity contribution in [3.05, 3.63) is 108 Å². The summed E-state index contributed by atoms with van der Waals surface area (Å²) in [5.41, 5.74) is 9.28.